The molecule has 2 aliphatic rings. The standard InChI is InChI=1S/C19H34N2O2/c1-19(2,3)23-18(22)21-13-11-16(12-14-21)15-20-17-9-7-5-4-6-8-10-17/h11,17,20H,4-10,12-15H2,1-3H3. The summed E-state index contributed by atoms with van der Waals surface area (Å²) < 4.78 is 5.44. The molecule has 23 heavy (non-hydrogen) atoms. The summed E-state index contributed by atoms with van der Waals surface area (Å²) >= 11 is 0. The van der Waals surface area contributed by atoms with E-state index in [-0.39, 0.29) is 6.09 Å². The molecule has 4 heteroatoms. The third kappa shape index (κ3) is 6.94. The third-order valence-electron chi connectivity index (χ3n) is 4.68. The molecule has 1 N–H and O–H groups in total. The maximum atomic E-state index is 12.1. The van der Waals surface area contributed by atoms with E-state index in [1.807, 2.05) is 20.8 Å². The molecule has 1 fully saturated rings. The Hall–Kier alpha value is -1.03. The van der Waals surface area contributed by atoms with Gasteiger partial charge in [-0.15, -0.1) is 0 Å². The topological polar surface area (TPSA) is 41.6 Å². The summed E-state index contributed by atoms with van der Waals surface area (Å²) in [5, 5.41) is 3.74. The molecule has 0 unspecified atom stereocenters. The second-order valence-electron chi connectivity index (χ2n) is 7.96. The number of hydrogen-bond donors (Lipinski definition) is 1. The lowest BCUT2D eigenvalue weighted by molar-refractivity contribution is 0.0265. The first-order valence-electron chi connectivity index (χ1n) is 9.33. The van der Waals surface area contributed by atoms with Gasteiger partial charge in [-0.05, 0) is 40.0 Å². The predicted octanol–water partition coefficient (Wildman–Crippen LogP) is 4.26. The first-order valence-corrected chi connectivity index (χ1v) is 9.33. The number of amides is 1. The van der Waals surface area contributed by atoms with Crippen LogP contribution in [0.2, 0.25) is 0 Å². The first kappa shape index (κ1) is 18.3. The quantitative estimate of drug-likeness (QED) is 0.790. The Labute approximate surface area is 141 Å². The van der Waals surface area contributed by atoms with Crippen LogP contribution >= 0.6 is 0 Å². The van der Waals surface area contributed by atoms with Crippen LogP contribution in [0.3, 0.4) is 0 Å². The van der Waals surface area contributed by atoms with Gasteiger partial charge in [0.05, 0.1) is 0 Å². The average Bonchev–Trinajstić information content (AvgIpc) is 2.45. The van der Waals surface area contributed by atoms with E-state index in [1.54, 1.807) is 4.90 Å². The number of carbonyl (C=O) groups is 1. The van der Waals surface area contributed by atoms with Crippen molar-refractivity contribution in [2.45, 2.75) is 83.8 Å². The fourth-order valence-corrected chi connectivity index (χ4v) is 3.30. The second kappa shape index (κ2) is 8.72. The zero-order valence-corrected chi connectivity index (χ0v) is 15.2. The summed E-state index contributed by atoms with van der Waals surface area (Å²) in [6, 6.07) is 0.681. The van der Waals surface area contributed by atoms with Crippen LogP contribution in [0, 0.1) is 0 Å². The molecule has 0 aromatic rings. The first-order chi connectivity index (χ1) is 10.9. The van der Waals surface area contributed by atoms with Crippen molar-refractivity contribution in [2.24, 2.45) is 0 Å². The monoisotopic (exact) mass is 322 g/mol. The van der Waals surface area contributed by atoms with Gasteiger partial charge in [-0.1, -0.05) is 43.8 Å². The van der Waals surface area contributed by atoms with Gasteiger partial charge in [-0.2, -0.15) is 0 Å². The SMILES string of the molecule is CC(C)(C)OC(=O)N1CC=C(CNC2CCCCCCC2)CC1. The Morgan fingerprint density at radius 1 is 1.22 bits per heavy atom. The summed E-state index contributed by atoms with van der Waals surface area (Å²) in [7, 11) is 0. The highest BCUT2D eigenvalue weighted by Crippen LogP contribution is 2.18. The number of nitrogens with one attached hydrogen (secondary N) is 1. The van der Waals surface area contributed by atoms with Crippen LogP contribution in [-0.2, 0) is 4.74 Å². The van der Waals surface area contributed by atoms with Crippen LogP contribution in [0.4, 0.5) is 4.79 Å². The number of nitrogens with zero attached hydrogens (tertiary/aromatic N) is 1. The zero-order chi connectivity index (χ0) is 16.7. The van der Waals surface area contributed by atoms with E-state index in [9.17, 15) is 4.79 Å². The van der Waals surface area contributed by atoms with E-state index >= 15 is 0 Å². The summed E-state index contributed by atoms with van der Waals surface area (Å²) in [5.74, 6) is 0. The van der Waals surface area contributed by atoms with Crippen LogP contribution in [-0.4, -0.2) is 42.3 Å². The molecular weight excluding hydrogens is 288 g/mol. The lowest BCUT2D eigenvalue weighted by atomic mass is 9.96. The Bertz CT molecular complexity index is 404. The molecule has 1 aliphatic carbocycles. The van der Waals surface area contributed by atoms with Crippen molar-refractivity contribution in [1.82, 2.24) is 10.2 Å². The van der Waals surface area contributed by atoms with Gasteiger partial charge >= 0.3 is 6.09 Å². The number of rotatable bonds is 3. The number of carbonyl (C=O) groups excluding carboxylic acids is 1. The molecular formula is C19H34N2O2. The van der Waals surface area contributed by atoms with Crippen molar-refractivity contribution in [3.8, 4) is 0 Å². The Morgan fingerprint density at radius 3 is 2.43 bits per heavy atom. The highest BCUT2D eigenvalue weighted by Gasteiger charge is 2.23. The smallest absolute Gasteiger partial charge is 0.410 e. The van der Waals surface area contributed by atoms with Crippen molar-refractivity contribution in [2.75, 3.05) is 19.6 Å². The van der Waals surface area contributed by atoms with Crippen molar-refractivity contribution in [3.05, 3.63) is 11.6 Å². The van der Waals surface area contributed by atoms with Crippen LogP contribution in [0.25, 0.3) is 0 Å². The van der Waals surface area contributed by atoms with Gasteiger partial charge in [0.25, 0.3) is 0 Å². The van der Waals surface area contributed by atoms with E-state index in [1.165, 1.54) is 50.5 Å². The molecule has 0 saturated heterocycles. The molecule has 1 amide bonds. The van der Waals surface area contributed by atoms with Crippen LogP contribution in [0.15, 0.2) is 11.6 Å². The van der Waals surface area contributed by atoms with Gasteiger partial charge in [0, 0.05) is 25.7 Å². The fraction of sp³-hybridized carbons (Fsp3) is 0.842. The second-order valence-corrected chi connectivity index (χ2v) is 7.96. The summed E-state index contributed by atoms with van der Waals surface area (Å²) in [6.07, 6.45) is 12.5. The van der Waals surface area contributed by atoms with E-state index in [0.29, 0.717) is 12.6 Å². The molecule has 1 aliphatic heterocycles. The Balaban J connectivity index is 1.72. The lowest BCUT2D eigenvalue weighted by Crippen LogP contribution is -2.40. The molecule has 0 spiro atoms. The van der Waals surface area contributed by atoms with E-state index < -0.39 is 5.60 Å². The van der Waals surface area contributed by atoms with Gasteiger partial charge in [0.15, 0.2) is 0 Å². The van der Waals surface area contributed by atoms with Gasteiger partial charge in [0.1, 0.15) is 5.60 Å². The summed E-state index contributed by atoms with van der Waals surface area (Å²) in [4.78, 5) is 13.9. The Morgan fingerprint density at radius 2 is 1.87 bits per heavy atom. The van der Waals surface area contributed by atoms with Crippen LogP contribution < -0.4 is 5.32 Å². The summed E-state index contributed by atoms with van der Waals surface area (Å²) in [6.45, 7) is 8.16. The lowest BCUT2D eigenvalue weighted by Gasteiger charge is -2.30. The average molecular weight is 322 g/mol. The molecule has 1 heterocycles. The molecule has 132 valence electrons. The minimum absolute atomic E-state index is 0.194. The molecule has 0 bridgehead atoms. The van der Waals surface area contributed by atoms with E-state index in [2.05, 4.69) is 11.4 Å². The van der Waals surface area contributed by atoms with Crippen molar-refractivity contribution in [3.63, 3.8) is 0 Å². The minimum Gasteiger partial charge on any atom is -0.444 e. The molecule has 0 atom stereocenters. The molecule has 1 saturated carbocycles. The summed E-state index contributed by atoms with van der Waals surface area (Å²) in [5.41, 5.74) is 1.02. The normalized spacial score (nSPS) is 21.3. The van der Waals surface area contributed by atoms with Gasteiger partial charge in [0.2, 0.25) is 0 Å². The highest BCUT2D eigenvalue weighted by atomic mass is 16.6. The zero-order valence-electron chi connectivity index (χ0n) is 15.2. The number of hydrogen-bond acceptors (Lipinski definition) is 3. The predicted molar refractivity (Wildman–Crippen MR) is 94.6 cm³/mol. The van der Waals surface area contributed by atoms with Gasteiger partial charge in [-0.25, -0.2) is 4.79 Å². The highest BCUT2D eigenvalue weighted by molar-refractivity contribution is 5.68. The van der Waals surface area contributed by atoms with Crippen molar-refractivity contribution < 1.29 is 9.53 Å². The maximum absolute atomic E-state index is 12.1. The minimum atomic E-state index is -0.416. The van der Waals surface area contributed by atoms with E-state index in [4.69, 9.17) is 4.74 Å². The van der Waals surface area contributed by atoms with Crippen LogP contribution in [0.1, 0.15) is 72.1 Å². The van der Waals surface area contributed by atoms with Crippen molar-refractivity contribution in [1.29, 1.82) is 0 Å². The van der Waals surface area contributed by atoms with Crippen molar-refractivity contribution >= 4 is 6.09 Å². The molecule has 2 rings (SSSR count). The largest absolute Gasteiger partial charge is 0.444 e. The molecule has 0 radical (unpaired) electrons. The maximum Gasteiger partial charge on any atom is 0.410 e. The van der Waals surface area contributed by atoms with E-state index in [0.717, 1.165) is 19.5 Å². The Kier molecular flexibility index (Phi) is 6.94. The molecule has 0 aromatic carbocycles. The fourth-order valence-electron chi connectivity index (χ4n) is 3.30. The number of ether oxygens (including phenoxy) is 1. The molecule has 0 aromatic heterocycles. The van der Waals surface area contributed by atoms with Gasteiger partial charge < -0.3 is 15.0 Å². The molecule has 4 nitrogen and oxygen atoms in total. The van der Waals surface area contributed by atoms with Crippen LogP contribution in [0.5, 0.6) is 0 Å². The van der Waals surface area contributed by atoms with Gasteiger partial charge in [-0.3, -0.25) is 0 Å². The third-order valence-corrected chi connectivity index (χ3v) is 4.68.